The number of benzene rings is 2. The third-order valence-electron chi connectivity index (χ3n) is 4.09. The number of ether oxygens (including phenoxy) is 3. The van der Waals surface area contributed by atoms with Crippen LogP contribution in [0.4, 0.5) is 5.69 Å². The van der Waals surface area contributed by atoms with E-state index in [1.165, 1.54) is 6.92 Å². The zero-order valence-corrected chi connectivity index (χ0v) is 16.8. The lowest BCUT2D eigenvalue weighted by molar-refractivity contribution is -0.148. The average Bonchev–Trinajstić information content (AvgIpc) is 2.71. The van der Waals surface area contributed by atoms with E-state index in [2.05, 4.69) is 5.32 Å². The first-order valence-corrected chi connectivity index (χ1v) is 9.38. The van der Waals surface area contributed by atoms with E-state index in [9.17, 15) is 14.4 Å². The van der Waals surface area contributed by atoms with Crippen LogP contribution in [-0.2, 0) is 14.3 Å². The van der Waals surface area contributed by atoms with E-state index in [1.54, 1.807) is 48.5 Å². The highest BCUT2D eigenvalue weighted by molar-refractivity contribution is 5.91. The zero-order valence-electron chi connectivity index (χ0n) is 16.8. The highest BCUT2D eigenvalue weighted by Crippen LogP contribution is 2.18. The standard InChI is InChI=1S/C22H25NO6/c1-4-15(2)21(25)28-14-13-27-19-9-5-17(6-10-19)22(26)29-20-11-7-18(8-12-20)23-16(3)24/h5-12,15H,4,13-14H2,1-3H3,(H,23,24). The Hall–Kier alpha value is -3.35. The summed E-state index contributed by atoms with van der Waals surface area (Å²) in [6.07, 6.45) is 0.733. The topological polar surface area (TPSA) is 90.9 Å². The summed E-state index contributed by atoms with van der Waals surface area (Å²) in [5, 5.41) is 2.64. The van der Waals surface area contributed by atoms with Gasteiger partial charge in [-0.05, 0) is 55.0 Å². The van der Waals surface area contributed by atoms with E-state index < -0.39 is 5.97 Å². The molecule has 1 unspecified atom stereocenters. The van der Waals surface area contributed by atoms with Gasteiger partial charge in [0.05, 0.1) is 11.5 Å². The molecule has 154 valence electrons. The van der Waals surface area contributed by atoms with Gasteiger partial charge in [-0.1, -0.05) is 13.8 Å². The molecule has 1 amide bonds. The van der Waals surface area contributed by atoms with Gasteiger partial charge in [0, 0.05) is 12.6 Å². The Balaban J connectivity index is 1.80. The molecule has 1 N–H and O–H groups in total. The SMILES string of the molecule is CCC(C)C(=O)OCCOc1ccc(C(=O)Oc2ccc(NC(C)=O)cc2)cc1. The number of amides is 1. The van der Waals surface area contributed by atoms with Crippen LogP contribution >= 0.6 is 0 Å². The summed E-state index contributed by atoms with van der Waals surface area (Å²) in [6, 6.07) is 13.0. The number of esters is 2. The second-order valence-electron chi connectivity index (χ2n) is 6.44. The largest absolute Gasteiger partial charge is 0.490 e. The van der Waals surface area contributed by atoms with Gasteiger partial charge in [0.25, 0.3) is 0 Å². The molecule has 7 nitrogen and oxygen atoms in total. The Labute approximate surface area is 170 Å². The molecule has 0 aliphatic heterocycles. The van der Waals surface area contributed by atoms with Gasteiger partial charge in [-0.15, -0.1) is 0 Å². The predicted octanol–water partition coefficient (Wildman–Crippen LogP) is 3.83. The Morgan fingerprint density at radius 1 is 0.931 bits per heavy atom. The fraction of sp³-hybridized carbons (Fsp3) is 0.318. The van der Waals surface area contributed by atoms with Crippen molar-refractivity contribution < 1.29 is 28.6 Å². The summed E-state index contributed by atoms with van der Waals surface area (Å²) in [5.41, 5.74) is 0.986. The van der Waals surface area contributed by atoms with Crippen LogP contribution < -0.4 is 14.8 Å². The summed E-state index contributed by atoms with van der Waals surface area (Å²) in [5.74, 6) is -0.119. The van der Waals surface area contributed by atoms with Gasteiger partial charge in [0.15, 0.2) is 0 Å². The number of carbonyl (C=O) groups is 3. The van der Waals surface area contributed by atoms with Crippen molar-refractivity contribution in [3.05, 3.63) is 54.1 Å². The third kappa shape index (κ3) is 7.29. The molecule has 29 heavy (non-hydrogen) atoms. The van der Waals surface area contributed by atoms with E-state index >= 15 is 0 Å². The molecule has 1 atom stereocenters. The van der Waals surface area contributed by atoms with Crippen LogP contribution in [0.1, 0.15) is 37.6 Å². The van der Waals surface area contributed by atoms with Gasteiger partial charge in [-0.3, -0.25) is 9.59 Å². The van der Waals surface area contributed by atoms with E-state index in [0.29, 0.717) is 22.7 Å². The van der Waals surface area contributed by atoms with Crippen LogP contribution in [0.3, 0.4) is 0 Å². The monoisotopic (exact) mass is 399 g/mol. The number of nitrogens with one attached hydrogen (secondary N) is 1. The molecule has 2 aromatic carbocycles. The first kappa shape index (κ1) is 21.9. The Bertz CT molecular complexity index is 829. The molecular formula is C22H25NO6. The zero-order chi connectivity index (χ0) is 21.2. The molecule has 0 heterocycles. The first-order valence-electron chi connectivity index (χ1n) is 9.38. The fourth-order valence-corrected chi connectivity index (χ4v) is 2.27. The smallest absolute Gasteiger partial charge is 0.343 e. The molecule has 0 spiro atoms. The average molecular weight is 399 g/mol. The predicted molar refractivity (Wildman–Crippen MR) is 108 cm³/mol. The van der Waals surface area contributed by atoms with Crippen LogP contribution in [0.5, 0.6) is 11.5 Å². The van der Waals surface area contributed by atoms with Crippen molar-refractivity contribution in [1.29, 1.82) is 0 Å². The number of anilines is 1. The van der Waals surface area contributed by atoms with E-state index in [4.69, 9.17) is 14.2 Å². The number of carbonyl (C=O) groups excluding carboxylic acids is 3. The van der Waals surface area contributed by atoms with Crippen molar-refractivity contribution in [1.82, 2.24) is 0 Å². The minimum Gasteiger partial charge on any atom is -0.490 e. The van der Waals surface area contributed by atoms with Crippen LogP contribution in [0.25, 0.3) is 0 Å². The summed E-state index contributed by atoms with van der Waals surface area (Å²) >= 11 is 0. The maximum atomic E-state index is 12.2. The maximum absolute atomic E-state index is 12.2. The molecule has 2 rings (SSSR count). The van der Waals surface area contributed by atoms with E-state index in [1.807, 2.05) is 13.8 Å². The van der Waals surface area contributed by atoms with E-state index in [-0.39, 0.29) is 31.0 Å². The highest BCUT2D eigenvalue weighted by Gasteiger charge is 2.12. The van der Waals surface area contributed by atoms with Gasteiger partial charge in [-0.25, -0.2) is 4.79 Å². The lowest BCUT2D eigenvalue weighted by Gasteiger charge is -2.10. The van der Waals surface area contributed by atoms with Crippen molar-refractivity contribution in [2.45, 2.75) is 27.2 Å². The van der Waals surface area contributed by atoms with Gasteiger partial charge in [-0.2, -0.15) is 0 Å². The van der Waals surface area contributed by atoms with Gasteiger partial charge >= 0.3 is 11.9 Å². The van der Waals surface area contributed by atoms with E-state index in [0.717, 1.165) is 6.42 Å². The summed E-state index contributed by atoms with van der Waals surface area (Å²) in [6.45, 7) is 5.56. The van der Waals surface area contributed by atoms with Crippen LogP contribution in [-0.4, -0.2) is 31.1 Å². The first-order chi connectivity index (χ1) is 13.9. The summed E-state index contributed by atoms with van der Waals surface area (Å²) < 4.78 is 15.9. The molecule has 0 saturated heterocycles. The number of hydrogen-bond acceptors (Lipinski definition) is 6. The Morgan fingerprint density at radius 2 is 1.55 bits per heavy atom. The van der Waals surface area contributed by atoms with Crippen molar-refractivity contribution in [2.75, 3.05) is 18.5 Å². The van der Waals surface area contributed by atoms with Gasteiger partial charge in [0.1, 0.15) is 24.7 Å². The molecule has 0 fully saturated rings. The highest BCUT2D eigenvalue weighted by atomic mass is 16.6. The molecule has 2 aromatic rings. The molecule has 0 radical (unpaired) electrons. The minimum atomic E-state index is -0.508. The molecule has 0 aliphatic rings. The third-order valence-corrected chi connectivity index (χ3v) is 4.09. The summed E-state index contributed by atoms with van der Waals surface area (Å²) in [4.78, 5) is 34.8. The van der Waals surface area contributed by atoms with Crippen LogP contribution in [0.15, 0.2) is 48.5 Å². The van der Waals surface area contributed by atoms with Crippen LogP contribution in [0, 0.1) is 5.92 Å². The molecular weight excluding hydrogens is 374 g/mol. The van der Waals surface area contributed by atoms with Gasteiger partial charge < -0.3 is 19.5 Å². The van der Waals surface area contributed by atoms with Gasteiger partial charge in [0.2, 0.25) is 5.91 Å². The van der Waals surface area contributed by atoms with Crippen molar-refractivity contribution >= 4 is 23.5 Å². The van der Waals surface area contributed by atoms with Crippen molar-refractivity contribution in [2.24, 2.45) is 5.92 Å². The second kappa shape index (κ2) is 10.8. The molecule has 0 aromatic heterocycles. The Morgan fingerprint density at radius 3 is 2.14 bits per heavy atom. The van der Waals surface area contributed by atoms with Crippen LogP contribution in [0.2, 0.25) is 0 Å². The van der Waals surface area contributed by atoms with Crippen molar-refractivity contribution in [3.63, 3.8) is 0 Å². The molecule has 0 bridgehead atoms. The maximum Gasteiger partial charge on any atom is 0.343 e. The summed E-state index contributed by atoms with van der Waals surface area (Å²) in [7, 11) is 0. The lowest BCUT2D eigenvalue weighted by atomic mass is 10.1. The number of rotatable bonds is 9. The number of hydrogen-bond donors (Lipinski definition) is 1. The second-order valence-corrected chi connectivity index (χ2v) is 6.44. The quantitative estimate of drug-likeness (QED) is 0.391. The normalized spacial score (nSPS) is 11.3. The fourth-order valence-electron chi connectivity index (χ4n) is 2.27. The molecule has 7 heteroatoms. The lowest BCUT2D eigenvalue weighted by Crippen LogP contribution is -2.17. The minimum absolute atomic E-state index is 0.123. The Kier molecular flexibility index (Phi) is 8.21. The molecule has 0 aliphatic carbocycles. The van der Waals surface area contributed by atoms with Crippen molar-refractivity contribution in [3.8, 4) is 11.5 Å². The molecule has 0 saturated carbocycles.